The van der Waals surface area contributed by atoms with Crippen LogP contribution in [-0.2, 0) is 49.3 Å². The number of sulfonamides is 2. The van der Waals surface area contributed by atoms with Crippen molar-refractivity contribution in [3.63, 3.8) is 0 Å². The van der Waals surface area contributed by atoms with Crippen molar-refractivity contribution in [2.45, 2.75) is 47.8 Å². The summed E-state index contributed by atoms with van der Waals surface area (Å²) in [6.07, 6.45) is 0. The van der Waals surface area contributed by atoms with Crippen molar-refractivity contribution in [1.29, 1.82) is 0 Å². The number of piperazine rings is 1. The largest absolute Gasteiger partial charge is 0.495 e. The zero-order chi connectivity index (χ0) is 34.0. The standard InChI is InChI=1S/C26H32N4O12S4/c1-15(31)27-19-9-17(5-7-25(19)41-3)45(37,38)29-21-11-43(33,34)13-23(21)30(24-14-44(35,36)12-22(24)29)46(39,40)18-6-8-26(42-4)20(10-18)28-16(2)32/h5-10,21-24H,11-14H2,1-4H3,(H,27,31)(H,28,32)/t21-,22-,23+,24+. The van der Waals surface area contributed by atoms with Gasteiger partial charge < -0.3 is 20.1 Å². The van der Waals surface area contributed by atoms with Crippen LogP contribution in [0.25, 0.3) is 0 Å². The number of carbonyl (C=O) groups is 2. The molecule has 0 radical (unpaired) electrons. The summed E-state index contributed by atoms with van der Waals surface area (Å²) in [5, 5.41) is 4.93. The topological polar surface area (TPSA) is 220 Å². The fourth-order valence-electron chi connectivity index (χ4n) is 6.31. The molecule has 5 rings (SSSR count). The van der Waals surface area contributed by atoms with Crippen LogP contribution in [0.1, 0.15) is 13.8 Å². The molecule has 3 aliphatic rings. The second kappa shape index (κ2) is 11.7. The number of hydrogen-bond donors (Lipinski definition) is 2. The third kappa shape index (κ3) is 6.08. The summed E-state index contributed by atoms with van der Waals surface area (Å²) >= 11 is 0. The number of hydrogen-bond acceptors (Lipinski definition) is 12. The number of anilines is 2. The highest BCUT2D eigenvalue weighted by Gasteiger charge is 2.63. The van der Waals surface area contributed by atoms with Crippen LogP contribution in [0.2, 0.25) is 0 Å². The van der Waals surface area contributed by atoms with Gasteiger partial charge in [0.25, 0.3) is 0 Å². The van der Waals surface area contributed by atoms with Crippen molar-refractivity contribution in [2.24, 2.45) is 0 Å². The van der Waals surface area contributed by atoms with E-state index in [4.69, 9.17) is 9.47 Å². The summed E-state index contributed by atoms with van der Waals surface area (Å²) in [4.78, 5) is 22.8. The van der Waals surface area contributed by atoms with Gasteiger partial charge in [0.1, 0.15) is 11.5 Å². The van der Waals surface area contributed by atoms with Gasteiger partial charge in [-0.2, -0.15) is 8.61 Å². The predicted octanol–water partition coefficient (Wildman–Crippen LogP) is -0.353. The zero-order valence-corrected chi connectivity index (χ0v) is 28.3. The van der Waals surface area contributed by atoms with Crippen molar-refractivity contribution in [2.75, 3.05) is 47.9 Å². The lowest BCUT2D eigenvalue weighted by Crippen LogP contribution is -2.69. The molecule has 0 aromatic heterocycles. The van der Waals surface area contributed by atoms with E-state index in [9.17, 15) is 43.3 Å². The molecule has 252 valence electrons. The second-order valence-corrected chi connectivity index (χ2v) is 19.2. The number of fused-ring (bicyclic) bond motifs is 2. The fraction of sp³-hybridized carbons (Fsp3) is 0.462. The molecule has 4 atom stereocenters. The first-order valence-corrected chi connectivity index (χ1v) is 20.2. The Balaban J connectivity index is 1.68. The molecule has 0 bridgehead atoms. The van der Waals surface area contributed by atoms with E-state index in [-0.39, 0.29) is 22.9 Å². The monoisotopic (exact) mass is 720 g/mol. The number of nitrogens with zero attached hydrogens (tertiary/aromatic N) is 2. The minimum Gasteiger partial charge on any atom is -0.495 e. The molecule has 2 N–H and O–H groups in total. The van der Waals surface area contributed by atoms with Crippen LogP contribution in [0.4, 0.5) is 11.4 Å². The number of benzene rings is 2. The minimum atomic E-state index is -4.70. The smallest absolute Gasteiger partial charge is 0.243 e. The summed E-state index contributed by atoms with van der Waals surface area (Å²) in [6.45, 7) is 2.40. The molecule has 46 heavy (non-hydrogen) atoms. The lowest BCUT2D eigenvalue weighted by molar-refractivity contribution is -0.115. The van der Waals surface area contributed by atoms with E-state index in [0.29, 0.717) is 0 Å². The maximum atomic E-state index is 14.3. The van der Waals surface area contributed by atoms with Crippen molar-refractivity contribution in [1.82, 2.24) is 8.61 Å². The number of ether oxygens (including phenoxy) is 2. The first kappa shape index (κ1) is 34.0. The van der Waals surface area contributed by atoms with Crippen molar-refractivity contribution in [3.8, 4) is 11.5 Å². The molecule has 2 amide bonds. The van der Waals surface area contributed by atoms with E-state index in [0.717, 1.165) is 20.7 Å². The Labute approximate surface area is 267 Å². The van der Waals surface area contributed by atoms with Crippen molar-refractivity contribution < 1.29 is 52.7 Å². The molecule has 0 saturated carbocycles. The molecular weight excluding hydrogens is 689 g/mol. The number of methoxy groups -OCH3 is 2. The van der Waals surface area contributed by atoms with Gasteiger partial charge in [0, 0.05) is 13.8 Å². The molecule has 3 aliphatic heterocycles. The quantitative estimate of drug-likeness (QED) is 0.358. The minimum absolute atomic E-state index is 0.00189. The normalized spacial score (nSPS) is 25.7. The molecule has 3 fully saturated rings. The summed E-state index contributed by atoms with van der Waals surface area (Å²) in [6, 6.07) is 1.16. The molecule has 3 heterocycles. The molecule has 2 aromatic rings. The lowest BCUT2D eigenvalue weighted by Gasteiger charge is -2.49. The van der Waals surface area contributed by atoms with Crippen LogP contribution < -0.4 is 20.1 Å². The summed E-state index contributed by atoms with van der Waals surface area (Å²) in [5.74, 6) is -3.86. The number of carbonyl (C=O) groups excluding carboxylic acids is 2. The molecule has 0 unspecified atom stereocenters. The van der Waals surface area contributed by atoms with Gasteiger partial charge in [0.2, 0.25) is 31.9 Å². The van der Waals surface area contributed by atoms with E-state index >= 15 is 0 Å². The van der Waals surface area contributed by atoms with Gasteiger partial charge in [0.15, 0.2) is 19.7 Å². The van der Waals surface area contributed by atoms with Crippen molar-refractivity contribution in [3.05, 3.63) is 36.4 Å². The van der Waals surface area contributed by atoms with E-state index < -0.39 is 109 Å². The van der Waals surface area contributed by atoms with Gasteiger partial charge in [-0.05, 0) is 36.4 Å². The van der Waals surface area contributed by atoms with Gasteiger partial charge in [-0.3, -0.25) is 9.59 Å². The second-order valence-electron chi connectivity index (χ2n) is 11.2. The van der Waals surface area contributed by atoms with Gasteiger partial charge in [0.05, 0.1) is 82.6 Å². The van der Waals surface area contributed by atoms with Gasteiger partial charge in [-0.15, -0.1) is 0 Å². The summed E-state index contributed by atoms with van der Waals surface area (Å²) in [7, 11) is -14.9. The van der Waals surface area contributed by atoms with E-state index in [1.165, 1.54) is 52.3 Å². The third-order valence-electron chi connectivity index (χ3n) is 8.01. The zero-order valence-electron chi connectivity index (χ0n) is 25.0. The molecule has 2 aromatic carbocycles. The Morgan fingerprint density at radius 1 is 0.652 bits per heavy atom. The maximum Gasteiger partial charge on any atom is 0.243 e. The van der Waals surface area contributed by atoms with Crippen LogP contribution in [0.15, 0.2) is 46.2 Å². The van der Waals surface area contributed by atoms with E-state index in [1.807, 2.05) is 0 Å². The SMILES string of the molecule is COc1ccc(S(=O)(=O)N2[C@@H]3CS(=O)(=O)C[C@@H]3N(S(=O)(=O)c3ccc(OC)c(NC(C)=O)c3)[C@H]3CS(=O)(=O)C[C@H]32)cc1NC(C)=O. The molecular formula is C26H32N4O12S4. The summed E-state index contributed by atoms with van der Waals surface area (Å²) in [5.41, 5.74) is -0.00379. The average Bonchev–Trinajstić information content (AvgIpc) is 3.42. The summed E-state index contributed by atoms with van der Waals surface area (Å²) < 4.78 is 122. The Hall–Kier alpha value is -3.30. The number of rotatable bonds is 8. The Morgan fingerprint density at radius 2 is 0.957 bits per heavy atom. The Kier molecular flexibility index (Phi) is 8.69. The predicted molar refractivity (Wildman–Crippen MR) is 165 cm³/mol. The lowest BCUT2D eigenvalue weighted by atomic mass is 10.0. The number of amides is 2. The van der Waals surface area contributed by atoms with Crippen LogP contribution in [0.3, 0.4) is 0 Å². The number of nitrogens with one attached hydrogen (secondary N) is 2. The first-order valence-electron chi connectivity index (χ1n) is 13.7. The van der Waals surface area contributed by atoms with Crippen LogP contribution in [-0.4, -0.2) is 115 Å². The van der Waals surface area contributed by atoms with Crippen LogP contribution >= 0.6 is 0 Å². The molecule has 20 heteroatoms. The average molecular weight is 721 g/mol. The molecule has 16 nitrogen and oxygen atoms in total. The molecule has 0 spiro atoms. The van der Waals surface area contributed by atoms with Gasteiger partial charge in [-0.1, -0.05) is 0 Å². The maximum absolute atomic E-state index is 14.3. The van der Waals surface area contributed by atoms with Gasteiger partial charge in [-0.25, -0.2) is 33.7 Å². The van der Waals surface area contributed by atoms with Gasteiger partial charge >= 0.3 is 0 Å². The first-order chi connectivity index (χ1) is 21.3. The molecule has 3 saturated heterocycles. The highest BCUT2D eigenvalue weighted by atomic mass is 32.2. The van der Waals surface area contributed by atoms with Crippen molar-refractivity contribution >= 4 is 62.9 Å². The Morgan fingerprint density at radius 3 is 1.22 bits per heavy atom. The highest BCUT2D eigenvalue weighted by molar-refractivity contribution is 7.93. The number of sulfone groups is 2. The fourth-order valence-corrected chi connectivity index (χ4v) is 14.4. The Bertz CT molecular complexity index is 1870. The molecule has 0 aliphatic carbocycles. The van der Waals surface area contributed by atoms with E-state index in [2.05, 4.69) is 10.6 Å². The van der Waals surface area contributed by atoms with Crippen LogP contribution in [0, 0.1) is 0 Å². The third-order valence-corrected chi connectivity index (χ3v) is 15.3. The highest BCUT2D eigenvalue weighted by Crippen LogP contribution is 2.44. The van der Waals surface area contributed by atoms with Crippen LogP contribution in [0.5, 0.6) is 11.5 Å². The van der Waals surface area contributed by atoms with E-state index in [1.54, 1.807) is 0 Å².